The van der Waals surface area contributed by atoms with Crippen molar-refractivity contribution in [3.63, 3.8) is 0 Å². The Morgan fingerprint density at radius 3 is 2.38 bits per heavy atom. The van der Waals surface area contributed by atoms with Crippen LogP contribution in [0.4, 0.5) is 0 Å². The molecular formula is C11H12O2. The number of hydrogen-bond acceptors (Lipinski definition) is 2. The summed E-state index contributed by atoms with van der Waals surface area (Å²) in [6.07, 6.45) is 5.16. The molecule has 2 heteroatoms. The standard InChI is InChI=1S/C11H12O2/c1-7-6-10(12)8-4-2-3-5-9(8)11(7)13/h6H,2-5H2,1H3. The lowest BCUT2D eigenvalue weighted by molar-refractivity contribution is -0.116. The van der Waals surface area contributed by atoms with E-state index in [0.717, 1.165) is 36.8 Å². The molecule has 0 aromatic rings. The quantitative estimate of drug-likeness (QED) is 0.529. The van der Waals surface area contributed by atoms with Crippen LogP contribution in [0.1, 0.15) is 32.6 Å². The molecule has 0 aliphatic heterocycles. The third kappa shape index (κ3) is 1.26. The van der Waals surface area contributed by atoms with Gasteiger partial charge in [-0.25, -0.2) is 0 Å². The molecule has 0 fully saturated rings. The zero-order valence-corrected chi connectivity index (χ0v) is 7.72. The van der Waals surface area contributed by atoms with Gasteiger partial charge in [0, 0.05) is 16.7 Å². The van der Waals surface area contributed by atoms with E-state index in [9.17, 15) is 9.59 Å². The minimum Gasteiger partial charge on any atom is -0.290 e. The SMILES string of the molecule is CC1=CC(=O)C2=C(CCCC2)C1=O. The summed E-state index contributed by atoms with van der Waals surface area (Å²) < 4.78 is 0. The molecule has 0 saturated heterocycles. The van der Waals surface area contributed by atoms with Crippen molar-refractivity contribution >= 4 is 11.6 Å². The fourth-order valence-corrected chi connectivity index (χ4v) is 2.02. The van der Waals surface area contributed by atoms with Crippen LogP contribution in [0.25, 0.3) is 0 Å². The molecule has 2 aliphatic rings. The molecule has 2 aliphatic carbocycles. The first-order valence-electron chi connectivity index (χ1n) is 4.69. The zero-order chi connectivity index (χ0) is 9.42. The molecule has 0 N–H and O–H groups in total. The number of ketones is 2. The van der Waals surface area contributed by atoms with Crippen molar-refractivity contribution in [2.75, 3.05) is 0 Å². The van der Waals surface area contributed by atoms with E-state index in [2.05, 4.69) is 0 Å². The van der Waals surface area contributed by atoms with Gasteiger partial charge in [-0.3, -0.25) is 9.59 Å². The molecule has 0 saturated carbocycles. The van der Waals surface area contributed by atoms with Crippen LogP contribution in [0.3, 0.4) is 0 Å². The number of rotatable bonds is 0. The monoisotopic (exact) mass is 176 g/mol. The predicted molar refractivity (Wildman–Crippen MR) is 49.3 cm³/mol. The molecule has 13 heavy (non-hydrogen) atoms. The molecule has 0 unspecified atom stereocenters. The predicted octanol–water partition coefficient (Wildman–Crippen LogP) is 1.96. The van der Waals surface area contributed by atoms with Crippen molar-refractivity contribution in [1.29, 1.82) is 0 Å². The van der Waals surface area contributed by atoms with Gasteiger partial charge in [-0.05, 0) is 38.7 Å². The lowest BCUT2D eigenvalue weighted by Gasteiger charge is -2.21. The van der Waals surface area contributed by atoms with Crippen LogP contribution in [0.2, 0.25) is 0 Å². The molecular weight excluding hydrogens is 164 g/mol. The first-order chi connectivity index (χ1) is 6.20. The molecule has 0 atom stereocenters. The average molecular weight is 176 g/mol. The highest BCUT2D eigenvalue weighted by atomic mass is 16.1. The van der Waals surface area contributed by atoms with E-state index in [0.29, 0.717) is 5.57 Å². The Morgan fingerprint density at radius 1 is 1.08 bits per heavy atom. The van der Waals surface area contributed by atoms with Gasteiger partial charge in [0.1, 0.15) is 0 Å². The fourth-order valence-electron chi connectivity index (χ4n) is 2.02. The van der Waals surface area contributed by atoms with E-state index in [1.54, 1.807) is 6.92 Å². The Kier molecular flexibility index (Phi) is 1.91. The van der Waals surface area contributed by atoms with Crippen molar-refractivity contribution in [2.45, 2.75) is 32.6 Å². The second-order valence-electron chi connectivity index (χ2n) is 3.68. The summed E-state index contributed by atoms with van der Waals surface area (Å²) in [5.41, 5.74) is 2.17. The summed E-state index contributed by atoms with van der Waals surface area (Å²) in [7, 11) is 0. The average Bonchev–Trinajstić information content (AvgIpc) is 2.15. The largest absolute Gasteiger partial charge is 0.290 e. The normalized spacial score (nSPS) is 23.0. The Balaban J connectivity index is 2.45. The van der Waals surface area contributed by atoms with Crippen molar-refractivity contribution in [3.8, 4) is 0 Å². The Labute approximate surface area is 77.3 Å². The maximum Gasteiger partial charge on any atom is 0.185 e. The van der Waals surface area contributed by atoms with E-state index in [1.807, 2.05) is 0 Å². The van der Waals surface area contributed by atoms with Crippen LogP contribution in [-0.4, -0.2) is 11.6 Å². The summed E-state index contributed by atoms with van der Waals surface area (Å²) in [5, 5.41) is 0. The number of Topliss-reactive ketones (excluding diaryl/α,β-unsaturated/α-hetero) is 1. The molecule has 0 radical (unpaired) electrons. The first-order valence-corrected chi connectivity index (χ1v) is 4.69. The maximum atomic E-state index is 11.6. The molecule has 0 aromatic heterocycles. The lowest BCUT2D eigenvalue weighted by atomic mass is 9.81. The van der Waals surface area contributed by atoms with Gasteiger partial charge in [-0.2, -0.15) is 0 Å². The summed E-state index contributed by atoms with van der Waals surface area (Å²) >= 11 is 0. The molecule has 2 nitrogen and oxygen atoms in total. The molecule has 68 valence electrons. The second-order valence-corrected chi connectivity index (χ2v) is 3.68. The smallest absolute Gasteiger partial charge is 0.185 e. The van der Waals surface area contributed by atoms with Gasteiger partial charge in [-0.1, -0.05) is 0 Å². The maximum absolute atomic E-state index is 11.6. The Morgan fingerprint density at radius 2 is 1.69 bits per heavy atom. The molecule has 0 spiro atoms. The van der Waals surface area contributed by atoms with Gasteiger partial charge < -0.3 is 0 Å². The van der Waals surface area contributed by atoms with E-state index >= 15 is 0 Å². The van der Waals surface area contributed by atoms with Crippen molar-refractivity contribution in [1.82, 2.24) is 0 Å². The van der Waals surface area contributed by atoms with Crippen molar-refractivity contribution in [2.24, 2.45) is 0 Å². The number of allylic oxidation sites excluding steroid dienone is 4. The van der Waals surface area contributed by atoms with Crippen LogP contribution in [0, 0.1) is 0 Å². The van der Waals surface area contributed by atoms with Gasteiger partial charge >= 0.3 is 0 Å². The molecule has 0 heterocycles. The summed E-state index contributed by atoms with van der Waals surface area (Å²) in [6, 6.07) is 0. The van der Waals surface area contributed by atoms with Gasteiger partial charge in [-0.15, -0.1) is 0 Å². The fraction of sp³-hybridized carbons (Fsp3) is 0.455. The highest BCUT2D eigenvalue weighted by Gasteiger charge is 2.27. The zero-order valence-electron chi connectivity index (χ0n) is 7.72. The lowest BCUT2D eigenvalue weighted by Crippen LogP contribution is -2.20. The molecule has 0 amide bonds. The van der Waals surface area contributed by atoms with Crippen molar-refractivity contribution in [3.05, 3.63) is 22.8 Å². The molecule has 0 aromatic carbocycles. The third-order valence-corrected chi connectivity index (χ3v) is 2.75. The number of carbonyl (C=O) groups is 2. The minimum atomic E-state index is 0.0619. The van der Waals surface area contributed by atoms with E-state index in [4.69, 9.17) is 0 Å². The summed E-state index contributed by atoms with van der Waals surface area (Å²) in [4.78, 5) is 23.1. The van der Waals surface area contributed by atoms with Crippen LogP contribution in [0.15, 0.2) is 22.8 Å². The minimum absolute atomic E-state index is 0.0619. The van der Waals surface area contributed by atoms with E-state index < -0.39 is 0 Å². The summed E-state index contributed by atoms with van der Waals surface area (Å²) in [5.74, 6) is 0.154. The van der Waals surface area contributed by atoms with Crippen LogP contribution < -0.4 is 0 Å². The number of hydrogen-bond donors (Lipinski definition) is 0. The van der Waals surface area contributed by atoms with Gasteiger partial charge in [0.2, 0.25) is 0 Å². The van der Waals surface area contributed by atoms with Crippen LogP contribution in [-0.2, 0) is 9.59 Å². The van der Waals surface area contributed by atoms with E-state index in [1.165, 1.54) is 6.08 Å². The van der Waals surface area contributed by atoms with Gasteiger partial charge in [0.15, 0.2) is 11.6 Å². The second kappa shape index (κ2) is 2.95. The number of carbonyl (C=O) groups excluding carboxylic acids is 2. The van der Waals surface area contributed by atoms with Crippen molar-refractivity contribution < 1.29 is 9.59 Å². The van der Waals surface area contributed by atoms with Crippen LogP contribution >= 0.6 is 0 Å². The third-order valence-electron chi connectivity index (χ3n) is 2.75. The molecule has 0 bridgehead atoms. The van der Waals surface area contributed by atoms with Gasteiger partial charge in [0.25, 0.3) is 0 Å². The topological polar surface area (TPSA) is 34.1 Å². The highest BCUT2D eigenvalue weighted by molar-refractivity contribution is 6.22. The first kappa shape index (κ1) is 8.42. The molecule has 2 rings (SSSR count). The van der Waals surface area contributed by atoms with Gasteiger partial charge in [0.05, 0.1) is 0 Å². The Bertz CT molecular complexity index is 345. The highest BCUT2D eigenvalue weighted by Crippen LogP contribution is 2.30. The van der Waals surface area contributed by atoms with Crippen LogP contribution in [0.5, 0.6) is 0 Å². The Hall–Kier alpha value is -1.18. The summed E-state index contributed by atoms with van der Waals surface area (Å²) in [6.45, 7) is 1.72. The van der Waals surface area contributed by atoms with E-state index in [-0.39, 0.29) is 11.6 Å².